The van der Waals surface area contributed by atoms with E-state index in [2.05, 4.69) is 5.32 Å². The summed E-state index contributed by atoms with van der Waals surface area (Å²) in [5.74, 6) is -0.649. The van der Waals surface area contributed by atoms with E-state index in [1.54, 1.807) is 17.6 Å². The number of thiophene rings is 1. The van der Waals surface area contributed by atoms with Crippen LogP contribution >= 0.6 is 11.3 Å². The minimum absolute atomic E-state index is 0.147. The number of pyridine rings is 1. The van der Waals surface area contributed by atoms with Crippen LogP contribution in [0.5, 0.6) is 0 Å². The Morgan fingerprint density at radius 2 is 1.79 bits per heavy atom. The van der Waals surface area contributed by atoms with Crippen LogP contribution in [0.1, 0.15) is 17.3 Å². The molecule has 6 nitrogen and oxygen atoms in total. The third-order valence-electron chi connectivity index (χ3n) is 4.25. The lowest BCUT2D eigenvalue weighted by Crippen LogP contribution is -2.39. The van der Waals surface area contributed by atoms with Crippen molar-refractivity contribution in [2.24, 2.45) is 0 Å². The molecule has 1 aromatic carbocycles. The molecule has 0 fully saturated rings. The first-order chi connectivity index (χ1) is 14.0. The van der Waals surface area contributed by atoms with Crippen LogP contribution in [0, 0.1) is 0 Å². The van der Waals surface area contributed by atoms with Gasteiger partial charge in [0.15, 0.2) is 12.4 Å². The molecular formula is C22H24N3O3S+. The standard InChI is InChI=1S/C22H23N3O3S/c1-4-28-22(27)18-14-19(16-8-6-5-7-9-16)29-21(18)23-20(26)15-25-12-10-17(11-13-25)24(2)3/h5-14H,4,15H2,1-3H3/p+1. The molecule has 0 bridgehead atoms. The molecule has 3 aromatic rings. The molecule has 0 atom stereocenters. The molecule has 2 aromatic heterocycles. The normalized spacial score (nSPS) is 10.4. The maximum absolute atomic E-state index is 12.6. The number of nitrogens with zero attached hydrogens (tertiary/aromatic N) is 2. The molecule has 0 aliphatic carbocycles. The second-order valence-electron chi connectivity index (χ2n) is 6.61. The fourth-order valence-electron chi connectivity index (χ4n) is 2.77. The molecular weight excluding hydrogens is 386 g/mol. The van der Waals surface area contributed by atoms with Gasteiger partial charge in [-0.05, 0) is 18.6 Å². The van der Waals surface area contributed by atoms with Crippen molar-refractivity contribution in [3.8, 4) is 10.4 Å². The lowest BCUT2D eigenvalue weighted by atomic mass is 10.1. The zero-order valence-electron chi connectivity index (χ0n) is 16.7. The average molecular weight is 411 g/mol. The van der Waals surface area contributed by atoms with Gasteiger partial charge in [-0.15, -0.1) is 11.3 Å². The molecule has 0 aliphatic rings. The zero-order chi connectivity index (χ0) is 20.8. The van der Waals surface area contributed by atoms with E-state index in [4.69, 9.17) is 4.74 Å². The quantitative estimate of drug-likeness (QED) is 0.478. The number of aromatic nitrogens is 1. The Balaban J connectivity index is 1.80. The molecule has 2 heterocycles. The number of ether oxygens (including phenoxy) is 1. The van der Waals surface area contributed by atoms with Gasteiger partial charge in [-0.2, -0.15) is 4.57 Å². The molecule has 150 valence electrons. The van der Waals surface area contributed by atoms with Crippen LogP contribution in [-0.2, 0) is 16.1 Å². The van der Waals surface area contributed by atoms with E-state index in [1.165, 1.54) is 11.3 Å². The maximum Gasteiger partial charge on any atom is 0.341 e. The SMILES string of the molecule is CCOC(=O)c1cc(-c2ccccc2)sc1NC(=O)C[n+]1ccc(N(C)C)cc1. The summed E-state index contributed by atoms with van der Waals surface area (Å²) < 4.78 is 6.95. The summed E-state index contributed by atoms with van der Waals surface area (Å²) in [6.07, 6.45) is 3.70. The topological polar surface area (TPSA) is 62.5 Å². The highest BCUT2D eigenvalue weighted by Crippen LogP contribution is 2.35. The van der Waals surface area contributed by atoms with Gasteiger partial charge in [0.25, 0.3) is 5.91 Å². The first-order valence-electron chi connectivity index (χ1n) is 9.30. The van der Waals surface area contributed by atoms with Gasteiger partial charge >= 0.3 is 5.97 Å². The smallest absolute Gasteiger partial charge is 0.341 e. The van der Waals surface area contributed by atoms with Gasteiger partial charge in [-0.3, -0.25) is 4.79 Å². The highest BCUT2D eigenvalue weighted by molar-refractivity contribution is 7.20. The molecule has 29 heavy (non-hydrogen) atoms. The average Bonchev–Trinajstić information content (AvgIpc) is 3.13. The second kappa shape index (κ2) is 9.34. The van der Waals surface area contributed by atoms with Gasteiger partial charge in [-0.25, -0.2) is 4.79 Å². The molecule has 1 N–H and O–H groups in total. The van der Waals surface area contributed by atoms with Gasteiger partial charge in [0, 0.05) is 36.8 Å². The number of benzene rings is 1. The number of carbonyl (C=O) groups is 2. The number of carbonyl (C=O) groups excluding carboxylic acids is 2. The first-order valence-corrected chi connectivity index (χ1v) is 10.1. The summed E-state index contributed by atoms with van der Waals surface area (Å²) in [5.41, 5.74) is 2.41. The Hall–Kier alpha value is -3.19. The molecule has 0 saturated heterocycles. The van der Waals surface area contributed by atoms with Crippen molar-refractivity contribution in [2.75, 3.05) is 30.9 Å². The van der Waals surface area contributed by atoms with Crippen molar-refractivity contribution in [3.63, 3.8) is 0 Å². The fourth-order valence-corrected chi connectivity index (χ4v) is 3.84. The lowest BCUT2D eigenvalue weighted by Gasteiger charge is -2.10. The molecule has 7 heteroatoms. The Kier molecular flexibility index (Phi) is 6.61. The summed E-state index contributed by atoms with van der Waals surface area (Å²) in [5, 5.41) is 3.37. The Labute approximate surface area is 174 Å². The summed E-state index contributed by atoms with van der Waals surface area (Å²) in [4.78, 5) is 27.9. The number of hydrogen-bond acceptors (Lipinski definition) is 5. The van der Waals surface area contributed by atoms with E-state index in [0.29, 0.717) is 10.6 Å². The minimum Gasteiger partial charge on any atom is -0.462 e. The lowest BCUT2D eigenvalue weighted by molar-refractivity contribution is -0.684. The molecule has 0 aliphatic heterocycles. The summed E-state index contributed by atoms with van der Waals surface area (Å²) in [6.45, 7) is 2.18. The van der Waals surface area contributed by atoms with Crippen molar-refractivity contribution in [3.05, 3.63) is 66.5 Å². The molecule has 1 amide bonds. The maximum atomic E-state index is 12.6. The van der Waals surface area contributed by atoms with Crippen molar-refractivity contribution in [2.45, 2.75) is 13.5 Å². The molecule has 0 saturated carbocycles. The minimum atomic E-state index is -0.441. The number of amides is 1. The second-order valence-corrected chi connectivity index (χ2v) is 7.66. The van der Waals surface area contributed by atoms with Crippen molar-refractivity contribution >= 4 is 33.9 Å². The fraction of sp³-hybridized carbons (Fsp3) is 0.227. The Bertz CT molecular complexity index is 982. The van der Waals surface area contributed by atoms with Gasteiger partial charge in [0.05, 0.1) is 12.2 Å². The van der Waals surface area contributed by atoms with E-state index in [9.17, 15) is 9.59 Å². The largest absolute Gasteiger partial charge is 0.462 e. The van der Waals surface area contributed by atoms with Gasteiger partial charge in [0.1, 0.15) is 5.00 Å². The van der Waals surface area contributed by atoms with E-state index >= 15 is 0 Å². The highest BCUT2D eigenvalue weighted by Gasteiger charge is 2.21. The monoisotopic (exact) mass is 410 g/mol. The predicted molar refractivity (Wildman–Crippen MR) is 115 cm³/mol. The van der Waals surface area contributed by atoms with Crippen LogP contribution in [0.3, 0.4) is 0 Å². The van der Waals surface area contributed by atoms with Crippen LogP contribution in [0.2, 0.25) is 0 Å². The van der Waals surface area contributed by atoms with Crippen LogP contribution in [-0.4, -0.2) is 32.6 Å². The van der Waals surface area contributed by atoms with Gasteiger partial charge < -0.3 is 15.0 Å². The van der Waals surface area contributed by atoms with Crippen LogP contribution in [0.15, 0.2) is 60.9 Å². The Morgan fingerprint density at radius 1 is 1.10 bits per heavy atom. The van der Waals surface area contributed by atoms with E-state index in [1.807, 2.05) is 73.9 Å². The highest BCUT2D eigenvalue weighted by atomic mass is 32.1. The van der Waals surface area contributed by atoms with Crippen LogP contribution in [0.25, 0.3) is 10.4 Å². The molecule has 0 unspecified atom stereocenters. The first kappa shape index (κ1) is 20.5. The van der Waals surface area contributed by atoms with Crippen molar-refractivity contribution in [1.29, 1.82) is 0 Å². The van der Waals surface area contributed by atoms with Gasteiger partial charge in [0.2, 0.25) is 6.54 Å². The van der Waals surface area contributed by atoms with E-state index < -0.39 is 5.97 Å². The number of nitrogens with one attached hydrogen (secondary N) is 1. The Morgan fingerprint density at radius 3 is 2.41 bits per heavy atom. The number of rotatable bonds is 7. The molecule has 0 spiro atoms. The molecule has 0 radical (unpaired) electrons. The van der Waals surface area contributed by atoms with E-state index in [-0.39, 0.29) is 19.1 Å². The molecule has 3 rings (SSSR count). The van der Waals surface area contributed by atoms with Crippen LogP contribution in [0.4, 0.5) is 10.7 Å². The third-order valence-corrected chi connectivity index (χ3v) is 5.35. The van der Waals surface area contributed by atoms with Crippen LogP contribution < -0.4 is 14.8 Å². The summed E-state index contributed by atoms with van der Waals surface area (Å²) in [6, 6.07) is 15.4. The predicted octanol–water partition coefficient (Wildman–Crippen LogP) is 3.58. The third kappa shape index (κ3) is 5.20. The zero-order valence-corrected chi connectivity index (χ0v) is 17.5. The number of anilines is 2. The summed E-state index contributed by atoms with van der Waals surface area (Å²) in [7, 11) is 3.93. The number of hydrogen-bond donors (Lipinski definition) is 1. The van der Waals surface area contributed by atoms with Gasteiger partial charge in [-0.1, -0.05) is 30.3 Å². The van der Waals surface area contributed by atoms with Crippen molar-refractivity contribution < 1.29 is 18.9 Å². The van der Waals surface area contributed by atoms with Crippen molar-refractivity contribution in [1.82, 2.24) is 0 Å². The number of esters is 1. The van der Waals surface area contributed by atoms with E-state index in [0.717, 1.165) is 16.1 Å². The summed E-state index contributed by atoms with van der Waals surface area (Å²) >= 11 is 1.36.